The molecule has 0 aromatic heterocycles. The lowest BCUT2D eigenvalue weighted by atomic mass is 10.1. The van der Waals surface area contributed by atoms with Gasteiger partial charge in [-0.2, -0.15) is 0 Å². The average molecular weight is 392 g/mol. The highest BCUT2D eigenvalue weighted by molar-refractivity contribution is 5.71. The fourth-order valence-electron chi connectivity index (χ4n) is 3.78. The third-order valence-electron chi connectivity index (χ3n) is 5.50. The van der Waals surface area contributed by atoms with Crippen LogP contribution in [0.1, 0.15) is 44.6 Å². The van der Waals surface area contributed by atoms with E-state index in [0.717, 1.165) is 32.0 Å². The maximum Gasteiger partial charge on any atom is 0.343 e. The molecule has 0 unspecified atom stereocenters. The minimum Gasteiger partial charge on any atom is -0.493 e. The molecule has 2 atom stereocenters. The molecule has 28 heavy (non-hydrogen) atoms. The third kappa shape index (κ3) is 5.85. The van der Waals surface area contributed by atoms with Gasteiger partial charge in [0.25, 0.3) is 0 Å². The van der Waals surface area contributed by atoms with Gasteiger partial charge in [-0.3, -0.25) is 4.90 Å². The fourth-order valence-corrected chi connectivity index (χ4v) is 3.78. The number of morpholine rings is 1. The van der Waals surface area contributed by atoms with Crippen LogP contribution < -0.4 is 9.47 Å². The van der Waals surface area contributed by atoms with Crippen molar-refractivity contribution in [3.8, 4) is 11.5 Å². The number of carbonyl (C=O) groups excluding carboxylic acids is 1. The monoisotopic (exact) mass is 391 g/mol. The number of hydrogen-bond donors (Lipinski definition) is 0. The van der Waals surface area contributed by atoms with Crippen molar-refractivity contribution in [2.75, 3.05) is 33.9 Å². The van der Waals surface area contributed by atoms with Crippen molar-refractivity contribution < 1.29 is 23.7 Å². The molecular formula is C22H33NO5. The Morgan fingerprint density at radius 1 is 1.21 bits per heavy atom. The first-order chi connectivity index (χ1) is 13.6. The summed E-state index contributed by atoms with van der Waals surface area (Å²) in [5, 5.41) is 0. The Morgan fingerprint density at radius 2 is 2.04 bits per heavy atom. The van der Waals surface area contributed by atoms with Crippen LogP contribution in [0.5, 0.6) is 11.5 Å². The number of ether oxygens (including phenoxy) is 4. The van der Waals surface area contributed by atoms with Crippen LogP contribution in [0, 0.1) is 5.92 Å². The van der Waals surface area contributed by atoms with Gasteiger partial charge in [0.1, 0.15) is 0 Å². The highest BCUT2D eigenvalue weighted by atomic mass is 16.6. The van der Waals surface area contributed by atoms with E-state index < -0.39 is 5.97 Å². The lowest BCUT2D eigenvalue weighted by Gasteiger charge is -2.38. The van der Waals surface area contributed by atoms with E-state index >= 15 is 0 Å². The summed E-state index contributed by atoms with van der Waals surface area (Å²) >= 11 is 0. The maximum absolute atomic E-state index is 11.3. The van der Waals surface area contributed by atoms with Crippen molar-refractivity contribution in [1.82, 2.24) is 4.90 Å². The Kier molecular flexibility index (Phi) is 7.57. The molecule has 2 aliphatic rings. The van der Waals surface area contributed by atoms with Crippen molar-refractivity contribution in [3.05, 3.63) is 23.8 Å². The molecule has 1 aromatic rings. The Balaban J connectivity index is 1.63. The zero-order valence-corrected chi connectivity index (χ0v) is 17.3. The molecule has 1 heterocycles. The number of methoxy groups -OCH3 is 2. The molecule has 1 aliphatic carbocycles. The molecule has 1 aromatic carbocycles. The lowest BCUT2D eigenvalue weighted by Crippen LogP contribution is -2.48. The molecule has 0 bridgehead atoms. The van der Waals surface area contributed by atoms with E-state index in [2.05, 4.69) is 16.6 Å². The maximum atomic E-state index is 11.3. The van der Waals surface area contributed by atoms with Crippen molar-refractivity contribution in [2.24, 2.45) is 5.92 Å². The van der Waals surface area contributed by atoms with Gasteiger partial charge in [0.2, 0.25) is 0 Å². The summed E-state index contributed by atoms with van der Waals surface area (Å²) in [5.41, 5.74) is 1.17. The minimum absolute atomic E-state index is 0.127. The van der Waals surface area contributed by atoms with Gasteiger partial charge in [-0.05, 0) is 42.9 Å². The second kappa shape index (κ2) is 10.1. The molecule has 0 spiro atoms. The van der Waals surface area contributed by atoms with E-state index in [9.17, 15) is 4.79 Å². The molecule has 6 heteroatoms. The summed E-state index contributed by atoms with van der Waals surface area (Å²) in [7, 11) is 2.96. The van der Waals surface area contributed by atoms with Crippen LogP contribution in [-0.4, -0.2) is 57.0 Å². The predicted octanol–water partition coefficient (Wildman–Crippen LogP) is 3.42. The van der Waals surface area contributed by atoms with Crippen molar-refractivity contribution in [1.29, 1.82) is 0 Å². The standard InChI is InChI=1S/C22H33NO5/c1-4-5-6-18-13-23(14-21(28-18)17-8-9-17)12-16-7-10-19(20(11-16)25-2)27-15-22(24)26-3/h7,10-11,17-18,21H,4-6,8-9,12-15H2,1-3H3/t18-,21-/m1/s1. The molecule has 1 saturated heterocycles. The van der Waals surface area contributed by atoms with E-state index in [4.69, 9.17) is 14.2 Å². The number of hydrogen-bond acceptors (Lipinski definition) is 6. The third-order valence-corrected chi connectivity index (χ3v) is 5.50. The van der Waals surface area contributed by atoms with E-state index in [1.165, 1.54) is 38.4 Å². The van der Waals surface area contributed by atoms with Crippen LogP contribution in [0.4, 0.5) is 0 Å². The van der Waals surface area contributed by atoms with Gasteiger partial charge in [0.05, 0.1) is 26.4 Å². The van der Waals surface area contributed by atoms with Crippen LogP contribution in [0.15, 0.2) is 18.2 Å². The number of nitrogens with zero attached hydrogens (tertiary/aromatic N) is 1. The molecular weight excluding hydrogens is 358 g/mol. The van der Waals surface area contributed by atoms with Gasteiger partial charge in [0.15, 0.2) is 18.1 Å². The predicted molar refractivity (Wildman–Crippen MR) is 107 cm³/mol. The topological polar surface area (TPSA) is 57.2 Å². The Hall–Kier alpha value is -1.79. The summed E-state index contributed by atoms with van der Waals surface area (Å²) in [5.74, 6) is 1.52. The highest BCUT2D eigenvalue weighted by Crippen LogP contribution is 2.37. The number of unbranched alkanes of at least 4 members (excludes halogenated alkanes) is 1. The van der Waals surface area contributed by atoms with Crippen LogP contribution in [0.3, 0.4) is 0 Å². The second-order valence-corrected chi connectivity index (χ2v) is 7.82. The SMILES string of the molecule is CCCC[C@@H]1CN(Cc2ccc(OCC(=O)OC)c(OC)c2)C[C@H](C2CC2)O1. The number of benzene rings is 1. The fraction of sp³-hybridized carbons (Fsp3) is 0.682. The Morgan fingerprint density at radius 3 is 2.71 bits per heavy atom. The lowest BCUT2D eigenvalue weighted by molar-refractivity contribution is -0.142. The van der Waals surface area contributed by atoms with Crippen LogP contribution in [-0.2, 0) is 20.8 Å². The summed E-state index contributed by atoms with van der Waals surface area (Å²) in [6.07, 6.45) is 6.88. The van der Waals surface area contributed by atoms with Crippen LogP contribution in [0.25, 0.3) is 0 Å². The molecule has 6 nitrogen and oxygen atoms in total. The smallest absolute Gasteiger partial charge is 0.343 e. The molecule has 3 rings (SSSR count). The highest BCUT2D eigenvalue weighted by Gasteiger charge is 2.38. The summed E-state index contributed by atoms with van der Waals surface area (Å²) in [4.78, 5) is 13.8. The molecule has 0 radical (unpaired) electrons. The van der Waals surface area contributed by atoms with Gasteiger partial charge in [0, 0.05) is 19.6 Å². The number of rotatable bonds is 10. The molecule has 1 saturated carbocycles. The van der Waals surface area contributed by atoms with Crippen molar-refractivity contribution in [3.63, 3.8) is 0 Å². The Labute approximate surface area is 168 Å². The van der Waals surface area contributed by atoms with Crippen LogP contribution >= 0.6 is 0 Å². The molecule has 156 valence electrons. The first-order valence-electron chi connectivity index (χ1n) is 10.4. The van der Waals surface area contributed by atoms with Crippen LogP contribution in [0.2, 0.25) is 0 Å². The Bertz CT molecular complexity index is 646. The van der Waals surface area contributed by atoms with Gasteiger partial charge in [-0.1, -0.05) is 25.8 Å². The van der Waals surface area contributed by atoms with E-state index in [1.807, 2.05) is 18.2 Å². The van der Waals surface area contributed by atoms with Crippen molar-refractivity contribution in [2.45, 2.75) is 57.8 Å². The van der Waals surface area contributed by atoms with Gasteiger partial charge in [-0.15, -0.1) is 0 Å². The number of esters is 1. The zero-order chi connectivity index (χ0) is 19.9. The van der Waals surface area contributed by atoms with Gasteiger partial charge >= 0.3 is 5.97 Å². The zero-order valence-electron chi connectivity index (χ0n) is 17.3. The first-order valence-corrected chi connectivity index (χ1v) is 10.4. The molecule has 2 fully saturated rings. The van der Waals surface area contributed by atoms with E-state index in [-0.39, 0.29) is 6.61 Å². The second-order valence-electron chi connectivity index (χ2n) is 7.82. The molecule has 0 N–H and O–H groups in total. The molecule has 1 aliphatic heterocycles. The summed E-state index contributed by atoms with van der Waals surface area (Å²) in [6, 6.07) is 5.90. The van der Waals surface area contributed by atoms with Gasteiger partial charge in [-0.25, -0.2) is 4.79 Å². The summed E-state index contributed by atoms with van der Waals surface area (Å²) < 4.78 is 22.0. The number of carbonyl (C=O) groups is 1. The largest absolute Gasteiger partial charge is 0.493 e. The quantitative estimate of drug-likeness (QED) is 0.570. The molecule has 0 amide bonds. The van der Waals surface area contributed by atoms with E-state index in [0.29, 0.717) is 23.7 Å². The summed E-state index contributed by atoms with van der Waals surface area (Å²) in [6.45, 7) is 4.94. The average Bonchev–Trinajstić information content (AvgIpc) is 3.56. The van der Waals surface area contributed by atoms with E-state index in [1.54, 1.807) is 7.11 Å². The normalized spacial score (nSPS) is 22.7. The van der Waals surface area contributed by atoms with Crippen molar-refractivity contribution >= 4 is 5.97 Å². The first kappa shape index (κ1) is 20.9. The minimum atomic E-state index is -0.413. The van der Waals surface area contributed by atoms with Gasteiger partial charge < -0.3 is 18.9 Å².